The number of hydrogen-bond acceptors (Lipinski definition) is 5. The monoisotopic (exact) mass is 346 g/mol. The van der Waals surface area contributed by atoms with Crippen LogP contribution in [-0.4, -0.2) is 32.1 Å². The molecular formula is C13H15ClN2O3S2. The highest BCUT2D eigenvalue weighted by Crippen LogP contribution is 2.27. The van der Waals surface area contributed by atoms with Gasteiger partial charge in [-0.25, -0.2) is 13.4 Å². The van der Waals surface area contributed by atoms with E-state index in [1.807, 2.05) is 24.3 Å². The maximum absolute atomic E-state index is 11.8. The third-order valence-corrected chi connectivity index (χ3v) is 5.16. The molecule has 0 fully saturated rings. The average molecular weight is 347 g/mol. The second-order valence-corrected chi connectivity index (χ2v) is 7.31. The van der Waals surface area contributed by atoms with Gasteiger partial charge in [-0.15, -0.1) is 22.9 Å². The first-order chi connectivity index (χ1) is 10.0. The van der Waals surface area contributed by atoms with Crippen LogP contribution in [0.4, 0.5) is 5.13 Å². The molecule has 0 atom stereocenters. The van der Waals surface area contributed by atoms with Gasteiger partial charge in [0.2, 0.25) is 10.0 Å². The van der Waals surface area contributed by atoms with Crippen molar-refractivity contribution in [2.75, 3.05) is 23.5 Å². The van der Waals surface area contributed by atoms with Crippen LogP contribution in [0.5, 0.6) is 5.75 Å². The Hall–Kier alpha value is -1.31. The minimum absolute atomic E-state index is 0.00600. The number of nitrogens with one attached hydrogen (secondary N) is 1. The van der Waals surface area contributed by atoms with Crippen LogP contribution >= 0.6 is 22.9 Å². The molecule has 1 N–H and O–H groups in total. The first-order valence-corrected chi connectivity index (χ1v) is 9.27. The number of benzene rings is 1. The van der Waals surface area contributed by atoms with Gasteiger partial charge >= 0.3 is 0 Å². The number of sulfonamides is 1. The van der Waals surface area contributed by atoms with Crippen molar-refractivity contribution < 1.29 is 13.2 Å². The first kappa shape index (κ1) is 16.1. The number of methoxy groups -OCH3 is 1. The Kier molecular flexibility index (Phi) is 5.44. The van der Waals surface area contributed by atoms with Crippen molar-refractivity contribution in [1.82, 2.24) is 4.98 Å². The summed E-state index contributed by atoms with van der Waals surface area (Å²) >= 11 is 6.75. The van der Waals surface area contributed by atoms with Crippen molar-refractivity contribution in [3.8, 4) is 17.0 Å². The molecule has 2 aromatic rings. The molecular weight excluding hydrogens is 332 g/mol. The molecule has 0 aliphatic carbocycles. The topological polar surface area (TPSA) is 68.3 Å². The van der Waals surface area contributed by atoms with Crippen molar-refractivity contribution in [3.63, 3.8) is 0 Å². The van der Waals surface area contributed by atoms with Gasteiger partial charge in [0, 0.05) is 16.8 Å². The van der Waals surface area contributed by atoms with E-state index in [9.17, 15) is 8.42 Å². The first-order valence-electron chi connectivity index (χ1n) is 6.20. The van der Waals surface area contributed by atoms with Crippen LogP contribution in [0.2, 0.25) is 0 Å². The van der Waals surface area contributed by atoms with Crippen molar-refractivity contribution in [3.05, 3.63) is 29.6 Å². The maximum atomic E-state index is 11.8. The summed E-state index contributed by atoms with van der Waals surface area (Å²) < 4.78 is 31.1. The molecule has 0 saturated heterocycles. The van der Waals surface area contributed by atoms with E-state index in [1.54, 1.807) is 12.5 Å². The SMILES string of the molecule is COc1ccc(-c2csc(NS(=O)(=O)CCCCl)n2)cc1. The zero-order valence-corrected chi connectivity index (χ0v) is 13.8. The molecule has 0 unspecified atom stereocenters. The lowest BCUT2D eigenvalue weighted by atomic mass is 10.2. The molecule has 5 nitrogen and oxygen atoms in total. The van der Waals surface area contributed by atoms with Crippen molar-refractivity contribution in [1.29, 1.82) is 0 Å². The van der Waals surface area contributed by atoms with Gasteiger partial charge in [-0.05, 0) is 30.7 Å². The Morgan fingerprint density at radius 2 is 2.05 bits per heavy atom. The van der Waals surface area contributed by atoms with Gasteiger partial charge < -0.3 is 4.74 Å². The average Bonchev–Trinajstić information content (AvgIpc) is 2.93. The number of anilines is 1. The third kappa shape index (κ3) is 4.59. The van der Waals surface area contributed by atoms with E-state index in [1.165, 1.54) is 11.3 Å². The molecule has 21 heavy (non-hydrogen) atoms. The number of hydrogen-bond donors (Lipinski definition) is 1. The van der Waals surface area contributed by atoms with Gasteiger partial charge in [-0.2, -0.15) is 0 Å². The molecule has 0 saturated carbocycles. The third-order valence-electron chi connectivity index (χ3n) is 2.68. The highest BCUT2D eigenvalue weighted by Gasteiger charge is 2.13. The summed E-state index contributed by atoms with van der Waals surface area (Å²) in [5, 5.41) is 2.16. The molecule has 2 rings (SSSR count). The van der Waals surface area contributed by atoms with Gasteiger partial charge in [-0.3, -0.25) is 4.72 Å². The molecule has 114 valence electrons. The molecule has 1 heterocycles. The predicted octanol–water partition coefficient (Wildman–Crippen LogP) is 3.19. The smallest absolute Gasteiger partial charge is 0.234 e. The van der Waals surface area contributed by atoms with Gasteiger partial charge in [0.15, 0.2) is 5.13 Å². The molecule has 0 radical (unpaired) electrons. The lowest BCUT2D eigenvalue weighted by Gasteiger charge is -2.03. The van der Waals surface area contributed by atoms with Gasteiger partial charge in [0.25, 0.3) is 0 Å². The lowest BCUT2D eigenvalue weighted by molar-refractivity contribution is 0.415. The van der Waals surface area contributed by atoms with Gasteiger partial charge in [0.1, 0.15) is 5.75 Å². The summed E-state index contributed by atoms with van der Waals surface area (Å²) in [5.74, 6) is 1.07. The predicted molar refractivity (Wildman–Crippen MR) is 86.8 cm³/mol. The molecule has 0 bridgehead atoms. The van der Waals surface area contributed by atoms with E-state index in [0.717, 1.165) is 17.0 Å². The van der Waals surface area contributed by atoms with Crippen LogP contribution in [0, 0.1) is 0 Å². The molecule has 0 aliphatic rings. The second kappa shape index (κ2) is 7.11. The number of alkyl halides is 1. The van der Waals surface area contributed by atoms with Crippen LogP contribution in [0.3, 0.4) is 0 Å². The van der Waals surface area contributed by atoms with E-state index in [-0.39, 0.29) is 5.75 Å². The fourth-order valence-corrected chi connectivity index (χ4v) is 4.01. The minimum atomic E-state index is -3.38. The van der Waals surface area contributed by atoms with Crippen LogP contribution in [0.15, 0.2) is 29.6 Å². The number of halogens is 1. The minimum Gasteiger partial charge on any atom is -0.497 e. The number of nitrogens with zero attached hydrogens (tertiary/aromatic N) is 1. The van der Waals surface area contributed by atoms with Crippen molar-refractivity contribution >= 4 is 38.1 Å². The van der Waals surface area contributed by atoms with Crippen LogP contribution < -0.4 is 9.46 Å². The summed E-state index contributed by atoms with van der Waals surface area (Å²) in [4.78, 5) is 4.28. The van der Waals surface area contributed by atoms with Crippen LogP contribution in [0.25, 0.3) is 11.3 Å². The fraction of sp³-hybridized carbons (Fsp3) is 0.308. The molecule has 8 heteroatoms. The highest BCUT2D eigenvalue weighted by molar-refractivity contribution is 7.92. The summed E-state index contributed by atoms with van der Waals surface area (Å²) in [6.07, 6.45) is 0.410. The van der Waals surface area contributed by atoms with Crippen LogP contribution in [0.1, 0.15) is 6.42 Å². The Labute approximate surface area is 133 Å². The maximum Gasteiger partial charge on any atom is 0.234 e. The zero-order chi connectivity index (χ0) is 15.3. The molecule has 1 aromatic carbocycles. The molecule has 1 aromatic heterocycles. The van der Waals surface area contributed by atoms with E-state index in [2.05, 4.69) is 9.71 Å². The zero-order valence-electron chi connectivity index (χ0n) is 11.4. The Morgan fingerprint density at radius 3 is 2.67 bits per heavy atom. The van der Waals surface area contributed by atoms with Gasteiger partial charge in [0.05, 0.1) is 18.6 Å². The summed E-state index contributed by atoms with van der Waals surface area (Å²) in [5.41, 5.74) is 1.62. The largest absolute Gasteiger partial charge is 0.497 e. The van der Waals surface area contributed by atoms with Crippen molar-refractivity contribution in [2.45, 2.75) is 6.42 Å². The normalized spacial score (nSPS) is 11.3. The highest BCUT2D eigenvalue weighted by atomic mass is 35.5. The second-order valence-electron chi connectivity index (χ2n) is 4.23. The number of ether oxygens (including phenoxy) is 1. The van der Waals surface area contributed by atoms with Crippen molar-refractivity contribution in [2.24, 2.45) is 0 Å². The lowest BCUT2D eigenvalue weighted by Crippen LogP contribution is -2.16. The van der Waals surface area contributed by atoms with E-state index >= 15 is 0 Å². The summed E-state index contributed by atoms with van der Waals surface area (Å²) in [6, 6.07) is 7.41. The van der Waals surface area contributed by atoms with E-state index < -0.39 is 10.0 Å². The standard InChI is InChI=1S/C13H15ClN2O3S2/c1-19-11-5-3-10(4-6-11)12-9-20-13(15-12)16-21(17,18)8-2-7-14/h3-6,9H,2,7-8H2,1H3,(H,15,16). The quantitative estimate of drug-likeness (QED) is 0.782. The summed E-state index contributed by atoms with van der Waals surface area (Å²) in [6.45, 7) is 0. The fourth-order valence-electron chi connectivity index (χ4n) is 1.64. The Morgan fingerprint density at radius 1 is 1.33 bits per heavy atom. The molecule has 0 amide bonds. The van der Waals surface area contributed by atoms with Crippen LogP contribution in [-0.2, 0) is 10.0 Å². The molecule has 0 aliphatic heterocycles. The van der Waals surface area contributed by atoms with E-state index in [4.69, 9.17) is 16.3 Å². The molecule has 0 spiro atoms. The number of aromatic nitrogens is 1. The Bertz CT molecular complexity index is 684. The Balaban J connectivity index is 2.10. The summed E-state index contributed by atoms with van der Waals surface area (Å²) in [7, 11) is -1.78. The number of rotatable bonds is 7. The van der Waals surface area contributed by atoms with E-state index in [0.29, 0.717) is 17.4 Å². The number of thiazole rings is 1. The van der Waals surface area contributed by atoms with Gasteiger partial charge in [-0.1, -0.05) is 0 Å².